The quantitative estimate of drug-likeness (QED) is 0.837. The number of amides is 1. The molecular weight excluding hydrogens is 280 g/mol. The van der Waals surface area contributed by atoms with Gasteiger partial charge in [-0.25, -0.2) is 0 Å². The van der Waals surface area contributed by atoms with Crippen molar-refractivity contribution in [2.24, 2.45) is 5.92 Å². The number of nitrogens with zero attached hydrogens (tertiary/aromatic N) is 2. The van der Waals surface area contributed by atoms with Gasteiger partial charge >= 0.3 is 0 Å². The zero-order valence-corrected chi connectivity index (χ0v) is 12.8. The predicted molar refractivity (Wildman–Crippen MR) is 83.6 cm³/mol. The van der Waals surface area contributed by atoms with Crippen LogP contribution >= 0.6 is 0 Å². The van der Waals surface area contributed by atoms with Gasteiger partial charge in [0.2, 0.25) is 5.91 Å². The first-order chi connectivity index (χ1) is 10.8. The highest BCUT2D eigenvalue weighted by atomic mass is 16.6. The largest absolute Gasteiger partial charge is 0.486 e. The Kier molecular flexibility index (Phi) is 3.56. The lowest BCUT2D eigenvalue weighted by atomic mass is 9.84. The van der Waals surface area contributed by atoms with E-state index in [1.807, 2.05) is 11.0 Å². The molecule has 0 spiro atoms. The second-order valence-electron chi connectivity index (χ2n) is 6.27. The molecule has 4 rings (SSSR count). The summed E-state index contributed by atoms with van der Waals surface area (Å²) in [5.74, 6) is 2.33. The van der Waals surface area contributed by atoms with Crippen LogP contribution in [0.3, 0.4) is 0 Å². The highest BCUT2D eigenvalue weighted by Crippen LogP contribution is 2.34. The second-order valence-corrected chi connectivity index (χ2v) is 6.27. The highest BCUT2D eigenvalue weighted by Gasteiger charge is 2.31. The van der Waals surface area contributed by atoms with Crippen LogP contribution in [0.15, 0.2) is 18.2 Å². The Labute approximate surface area is 130 Å². The number of benzene rings is 1. The molecule has 1 aliphatic carbocycles. The first-order valence-corrected chi connectivity index (χ1v) is 8.25. The molecule has 1 saturated heterocycles. The highest BCUT2D eigenvalue weighted by molar-refractivity contribution is 5.80. The van der Waals surface area contributed by atoms with Crippen molar-refractivity contribution in [3.8, 4) is 11.5 Å². The molecule has 1 aromatic rings. The summed E-state index contributed by atoms with van der Waals surface area (Å²) in [6, 6.07) is 6.12. The molecule has 2 fully saturated rings. The average Bonchev–Trinajstić information content (AvgIpc) is 2.53. The number of piperazine rings is 1. The molecule has 0 atom stereocenters. The number of rotatable bonds is 2. The van der Waals surface area contributed by atoms with Crippen molar-refractivity contribution < 1.29 is 14.3 Å². The third-order valence-corrected chi connectivity index (χ3v) is 4.94. The van der Waals surface area contributed by atoms with Gasteiger partial charge in [0.15, 0.2) is 11.5 Å². The molecule has 2 aliphatic heterocycles. The first-order valence-electron chi connectivity index (χ1n) is 8.25. The maximum absolute atomic E-state index is 12.3. The van der Waals surface area contributed by atoms with Crippen molar-refractivity contribution in [2.75, 3.05) is 44.3 Å². The summed E-state index contributed by atoms with van der Waals surface area (Å²) in [5.41, 5.74) is 1.15. The molecule has 5 heteroatoms. The smallest absolute Gasteiger partial charge is 0.225 e. The van der Waals surface area contributed by atoms with Gasteiger partial charge in [0, 0.05) is 43.9 Å². The van der Waals surface area contributed by atoms with Crippen LogP contribution in [0.4, 0.5) is 5.69 Å². The number of hydrogen-bond acceptors (Lipinski definition) is 4. The number of carbonyl (C=O) groups excluding carboxylic acids is 1. The van der Waals surface area contributed by atoms with Crippen LogP contribution in [0.25, 0.3) is 0 Å². The van der Waals surface area contributed by atoms with Crippen molar-refractivity contribution in [3.05, 3.63) is 18.2 Å². The van der Waals surface area contributed by atoms with E-state index in [1.54, 1.807) is 0 Å². The van der Waals surface area contributed by atoms with Gasteiger partial charge in [-0.3, -0.25) is 4.79 Å². The normalized spacial score (nSPS) is 21.5. The maximum atomic E-state index is 12.3. The molecule has 0 bridgehead atoms. The molecule has 118 valence electrons. The van der Waals surface area contributed by atoms with Gasteiger partial charge in [0.05, 0.1) is 0 Å². The van der Waals surface area contributed by atoms with Crippen molar-refractivity contribution in [1.82, 2.24) is 4.90 Å². The summed E-state index contributed by atoms with van der Waals surface area (Å²) in [4.78, 5) is 16.6. The Hall–Kier alpha value is -1.91. The Morgan fingerprint density at radius 3 is 2.41 bits per heavy atom. The molecule has 1 amide bonds. The monoisotopic (exact) mass is 302 g/mol. The van der Waals surface area contributed by atoms with Crippen LogP contribution in [0.1, 0.15) is 19.3 Å². The average molecular weight is 302 g/mol. The van der Waals surface area contributed by atoms with Gasteiger partial charge in [-0.15, -0.1) is 0 Å². The second kappa shape index (κ2) is 5.71. The fraction of sp³-hybridized carbons (Fsp3) is 0.588. The summed E-state index contributed by atoms with van der Waals surface area (Å²) >= 11 is 0. The standard InChI is InChI=1S/C17H22N2O3/c20-17(13-2-1-3-13)19-8-6-18(7-9-19)14-4-5-15-16(12-14)22-11-10-21-15/h4-5,12-13H,1-3,6-11H2. The van der Waals surface area contributed by atoms with E-state index in [4.69, 9.17) is 9.47 Å². The molecule has 22 heavy (non-hydrogen) atoms. The van der Waals surface area contributed by atoms with Crippen LogP contribution < -0.4 is 14.4 Å². The number of fused-ring (bicyclic) bond motifs is 1. The van der Waals surface area contributed by atoms with E-state index >= 15 is 0 Å². The minimum atomic E-state index is 0.306. The molecule has 0 aromatic heterocycles. The van der Waals surface area contributed by atoms with E-state index in [1.165, 1.54) is 6.42 Å². The third-order valence-electron chi connectivity index (χ3n) is 4.94. The number of ether oxygens (including phenoxy) is 2. The Morgan fingerprint density at radius 1 is 1.00 bits per heavy atom. The molecule has 2 heterocycles. The van der Waals surface area contributed by atoms with Gasteiger partial charge in [0.25, 0.3) is 0 Å². The van der Waals surface area contributed by atoms with Crippen LogP contribution in [0.5, 0.6) is 11.5 Å². The molecule has 3 aliphatic rings. The summed E-state index contributed by atoms with van der Waals surface area (Å²) in [6.45, 7) is 4.65. The van der Waals surface area contributed by atoms with Crippen molar-refractivity contribution in [2.45, 2.75) is 19.3 Å². The zero-order valence-electron chi connectivity index (χ0n) is 12.8. The van der Waals surface area contributed by atoms with Crippen molar-refractivity contribution in [3.63, 3.8) is 0 Å². The van der Waals surface area contributed by atoms with Gasteiger partial charge < -0.3 is 19.3 Å². The van der Waals surface area contributed by atoms with E-state index in [0.717, 1.165) is 56.2 Å². The molecule has 1 saturated carbocycles. The van der Waals surface area contributed by atoms with Gasteiger partial charge in [0.1, 0.15) is 13.2 Å². The Balaban J connectivity index is 1.39. The predicted octanol–water partition coefficient (Wildman–Crippen LogP) is 1.91. The lowest BCUT2D eigenvalue weighted by molar-refractivity contribution is -0.138. The fourth-order valence-electron chi connectivity index (χ4n) is 3.33. The maximum Gasteiger partial charge on any atom is 0.225 e. The number of hydrogen-bond donors (Lipinski definition) is 0. The molecule has 5 nitrogen and oxygen atoms in total. The topological polar surface area (TPSA) is 42.0 Å². The van der Waals surface area contributed by atoms with Gasteiger partial charge in [-0.05, 0) is 25.0 Å². The Morgan fingerprint density at radius 2 is 1.73 bits per heavy atom. The zero-order chi connectivity index (χ0) is 14.9. The van der Waals surface area contributed by atoms with Crippen molar-refractivity contribution in [1.29, 1.82) is 0 Å². The van der Waals surface area contributed by atoms with E-state index < -0.39 is 0 Å². The summed E-state index contributed by atoms with van der Waals surface area (Å²) in [5, 5.41) is 0. The van der Waals surface area contributed by atoms with E-state index in [-0.39, 0.29) is 0 Å². The molecule has 0 unspecified atom stereocenters. The molecule has 0 radical (unpaired) electrons. The minimum Gasteiger partial charge on any atom is -0.486 e. The van der Waals surface area contributed by atoms with Gasteiger partial charge in [-0.2, -0.15) is 0 Å². The number of anilines is 1. The lowest BCUT2D eigenvalue weighted by Crippen LogP contribution is -2.51. The first kappa shape index (κ1) is 13.7. The lowest BCUT2D eigenvalue weighted by Gasteiger charge is -2.39. The summed E-state index contributed by atoms with van der Waals surface area (Å²) < 4.78 is 11.2. The Bertz CT molecular complexity index is 563. The van der Waals surface area contributed by atoms with E-state index in [2.05, 4.69) is 17.0 Å². The van der Waals surface area contributed by atoms with E-state index in [0.29, 0.717) is 25.0 Å². The van der Waals surface area contributed by atoms with Crippen LogP contribution in [0, 0.1) is 5.92 Å². The number of carbonyl (C=O) groups is 1. The third kappa shape index (κ3) is 2.49. The van der Waals surface area contributed by atoms with E-state index in [9.17, 15) is 4.79 Å². The van der Waals surface area contributed by atoms with Crippen LogP contribution in [0.2, 0.25) is 0 Å². The molecule has 1 aromatic carbocycles. The SMILES string of the molecule is O=C(C1CCC1)N1CCN(c2ccc3c(c2)OCCO3)CC1. The summed E-state index contributed by atoms with van der Waals surface area (Å²) in [7, 11) is 0. The van der Waals surface area contributed by atoms with Crippen molar-refractivity contribution >= 4 is 11.6 Å². The minimum absolute atomic E-state index is 0.306. The summed E-state index contributed by atoms with van der Waals surface area (Å²) in [6.07, 6.45) is 3.38. The van der Waals surface area contributed by atoms with Crippen LogP contribution in [-0.2, 0) is 4.79 Å². The van der Waals surface area contributed by atoms with Gasteiger partial charge in [-0.1, -0.05) is 6.42 Å². The fourth-order valence-corrected chi connectivity index (χ4v) is 3.33. The van der Waals surface area contributed by atoms with Crippen LogP contribution in [-0.4, -0.2) is 50.2 Å². The molecule has 0 N–H and O–H groups in total. The molecular formula is C17H22N2O3.